The predicted molar refractivity (Wildman–Crippen MR) is 54.7 cm³/mol. The van der Waals surface area contributed by atoms with Crippen molar-refractivity contribution in [3.05, 3.63) is 0 Å². The van der Waals surface area contributed by atoms with E-state index in [4.69, 9.17) is 0 Å². The Morgan fingerprint density at radius 2 is 1.30 bits per heavy atom. The summed E-state index contributed by atoms with van der Waals surface area (Å²) in [6.45, 7) is 8.90. The second kappa shape index (κ2) is 16.5. The standard InChI is InChI=1S/C4H10P.2C2H5.Al/c1-3-5-4-2;2*1-2;/h3-4H2,1-2H3;2*1H2,2H3;/q-1;;;+1. The fourth-order valence-corrected chi connectivity index (χ4v) is 1.54. The zero-order valence-electron chi connectivity index (χ0n) is 7.85. The number of rotatable bonds is 4. The van der Waals surface area contributed by atoms with Crippen LogP contribution in [0.4, 0.5) is 0 Å². The predicted octanol–water partition coefficient (Wildman–Crippen LogP) is 3.54. The van der Waals surface area contributed by atoms with Gasteiger partial charge in [0, 0.05) is 0 Å². The topological polar surface area (TPSA) is 0 Å². The van der Waals surface area contributed by atoms with Crippen molar-refractivity contribution < 1.29 is 0 Å². The van der Waals surface area contributed by atoms with Crippen LogP contribution in [0.3, 0.4) is 0 Å². The summed E-state index contributed by atoms with van der Waals surface area (Å²) in [4.78, 5) is 0. The monoisotopic (exact) mass is 174 g/mol. The van der Waals surface area contributed by atoms with Gasteiger partial charge in [-0.25, -0.2) is 0 Å². The molecule has 0 atom stereocenters. The molecule has 0 bridgehead atoms. The molecule has 0 radical (unpaired) electrons. The third kappa shape index (κ3) is 23.1. The van der Waals surface area contributed by atoms with Crippen molar-refractivity contribution in [3.63, 3.8) is 0 Å². The Bertz CT molecular complexity index is 30.2. The van der Waals surface area contributed by atoms with E-state index < -0.39 is 0 Å². The summed E-state index contributed by atoms with van der Waals surface area (Å²) in [6, 6.07) is 0. The van der Waals surface area contributed by atoms with E-state index in [0.717, 1.165) is 15.2 Å². The molecule has 0 spiro atoms. The molecule has 0 saturated carbocycles. The fourth-order valence-electron chi connectivity index (χ4n) is 0.512. The molecule has 0 nitrogen and oxygen atoms in total. The van der Waals surface area contributed by atoms with Crippen molar-refractivity contribution in [1.82, 2.24) is 0 Å². The van der Waals surface area contributed by atoms with E-state index in [1.165, 1.54) is 22.9 Å². The summed E-state index contributed by atoms with van der Waals surface area (Å²) in [5.74, 6) is 0. The molecule has 0 aliphatic rings. The molecule has 0 saturated heterocycles. The van der Waals surface area contributed by atoms with E-state index in [0.29, 0.717) is 0 Å². The molecular formula is C8H20AlP. The van der Waals surface area contributed by atoms with Crippen LogP contribution in [0.25, 0.3) is 0 Å². The van der Waals surface area contributed by atoms with Crippen molar-refractivity contribution in [3.8, 4) is 0 Å². The van der Waals surface area contributed by atoms with Crippen molar-refractivity contribution in [2.24, 2.45) is 0 Å². The van der Waals surface area contributed by atoms with Crippen LogP contribution < -0.4 is 0 Å². The van der Waals surface area contributed by atoms with Gasteiger partial charge < -0.3 is 8.58 Å². The van der Waals surface area contributed by atoms with Crippen molar-refractivity contribution in [2.45, 2.75) is 38.3 Å². The minimum atomic E-state index is 0.815. The molecule has 0 N–H and O–H groups in total. The minimum absolute atomic E-state index is 0.815. The van der Waals surface area contributed by atoms with E-state index in [1.807, 2.05) is 0 Å². The first-order valence-corrected chi connectivity index (χ1v) is 7.18. The maximum absolute atomic E-state index is 2.25. The molecule has 0 aliphatic carbocycles. The Kier molecular flexibility index (Phi) is 22.4. The first-order valence-electron chi connectivity index (χ1n) is 4.28. The zero-order chi connectivity index (χ0) is 8.24. The summed E-state index contributed by atoms with van der Waals surface area (Å²) >= 11 is 0.815. The van der Waals surface area contributed by atoms with E-state index >= 15 is 0 Å². The van der Waals surface area contributed by atoms with Gasteiger partial charge in [-0.05, 0) is 0 Å². The Balaban J connectivity index is 0. The van der Waals surface area contributed by atoms with Crippen LogP contribution in [-0.4, -0.2) is 27.5 Å². The van der Waals surface area contributed by atoms with Gasteiger partial charge >= 0.3 is 39.6 Å². The quantitative estimate of drug-likeness (QED) is 0.451. The fraction of sp³-hybridized carbons (Fsp3) is 1.00. The molecule has 0 fully saturated rings. The molecule has 0 aliphatic heterocycles. The molecule has 0 aromatic heterocycles. The summed E-state index contributed by atoms with van der Waals surface area (Å²) in [6.07, 6.45) is 2.63. The molecule has 2 heteroatoms. The summed E-state index contributed by atoms with van der Waals surface area (Å²) in [5, 5.41) is 2.85. The van der Waals surface area contributed by atoms with Crippen molar-refractivity contribution in [1.29, 1.82) is 0 Å². The van der Waals surface area contributed by atoms with Gasteiger partial charge in [-0.3, -0.25) is 0 Å². The van der Waals surface area contributed by atoms with Crippen LogP contribution in [0, 0.1) is 0 Å². The average Bonchev–Trinajstić information content (AvgIpc) is 1.93. The first-order chi connectivity index (χ1) is 4.83. The summed E-state index contributed by atoms with van der Waals surface area (Å²) < 4.78 is 0. The molecule has 60 valence electrons. The second-order valence-electron chi connectivity index (χ2n) is 1.96. The molecule has 0 aromatic carbocycles. The maximum atomic E-state index is 2.25. The normalized spacial score (nSPS) is 7.60. The van der Waals surface area contributed by atoms with Crippen LogP contribution in [0.5, 0.6) is 0 Å². The van der Waals surface area contributed by atoms with Gasteiger partial charge in [0.25, 0.3) is 0 Å². The van der Waals surface area contributed by atoms with Crippen molar-refractivity contribution >= 4 is 23.8 Å². The molecule has 0 heterocycles. The van der Waals surface area contributed by atoms with Crippen LogP contribution in [0.1, 0.15) is 27.7 Å². The van der Waals surface area contributed by atoms with E-state index in [-0.39, 0.29) is 0 Å². The van der Waals surface area contributed by atoms with Crippen molar-refractivity contribution in [2.75, 3.05) is 12.3 Å². The number of hydrogen-bond donors (Lipinski definition) is 0. The van der Waals surface area contributed by atoms with Gasteiger partial charge in [-0.15, -0.1) is 0 Å². The summed E-state index contributed by atoms with van der Waals surface area (Å²) in [7, 11) is 1.58. The molecule has 0 amide bonds. The van der Waals surface area contributed by atoms with Gasteiger partial charge in [0.05, 0.1) is 0 Å². The van der Waals surface area contributed by atoms with E-state index in [9.17, 15) is 0 Å². The van der Waals surface area contributed by atoms with Crippen LogP contribution in [0.15, 0.2) is 0 Å². The third-order valence-corrected chi connectivity index (χ3v) is 3.07. The Morgan fingerprint density at radius 1 is 0.900 bits per heavy atom. The SMILES string of the molecule is CC[P-]CC.C[CH2][Al+][CH2]C. The zero-order valence-corrected chi connectivity index (χ0v) is 9.90. The third-order valence-electron chi connectivity index (χ3n) is 1.02. The first kappa shape index (κ1) is 13.5. The van der Waals surface area contributed by atoms with Crippen LogP contribution in [-0.2, 0) is 0 Å². The molecular weight excluding hydrogens is 154 g/mol. The second-order valence-corrected chi connectivity index (χ2v) is 5.88. The van der Waals surface area contributed by atoms with Crippen LogP contribution in [0.2, 0.25) is 10.6 Å². The molecule has 0 rings (SSSR count). The summed E-state index contributed by atoms with van der Waals surface area (Å²) in [5.41, 5.74) is 0. The Hall–Kier alpha value is 0.962. The van der Waals surface area contributed by atoms with Gasteiger partial charge in [0.2, 0.25) is 0 Å². The van der Waals surface area contributed by atoms with Gasteiger partial charge in [0.1, 0.15) is 0 Å². The van der Waals surface area contributed by atoms with Gasteiger partial charge in [0.15, 0.2) is 0 Å². The average molecular weight is 174 g/mol. The van der Waals surface area contributed by atoms with E-state index in [1.54, 1.807) is 8.58 Å². The number of hydrogen-bond acceptors (Lipinski definition) is 0. The molecule has 0 aromatic rings. The molecule has 0 unspecified atom stereocenters. The molecule has 10 heavy (non-hydrogen) atoms. The van der Waals surface area contributed by atoms with Gasteiger partial charge in [-0.2, -0.15) is 12.3 Å². The Morgan fingerprint density at radius 3 is 1.30 bits per heavy atom. The van der Waals surface area contributed by atoms with E-state index in [2.05, 4.69) is 27.7 Å². The van der Waals surface area contributed by atoms with Crippen LogP contribution >= 0.6 is 8.58 Å². The Labute approximate surface area is 74.7 Å². The van der Waals surface area contributed by atoms with Gasteiger partial charge in [-0.1, -0.05) is 13.8 Å².